The first-order valence-corrected chi connectivity index (χ1v) is 7.00. The predicted octanol–water partition coefficient (Wildman–Crippen LogP) is 3.64. The van der Waals surface area contributed by atoms with Gasteiger partial charge in [0.05, 0.1) is 5.69 Å². The van der Waals surface area contributed by atoms with Crippen LogP contribution in [0.15, 0.2) is 48.9 Å². The highest BCUT2D eigenvalue weighted by Gasteiger charge is 2.14. The maximum Gasteiger partial charge on any atom is 0.229 e. The van der Waals surface area contributed by atoms with E-state index in [2.05, 4.69) is 25.6 Å². The first-order valence-electron chi connectivity index (χ1n) is 7.00. The van der Waals surface area contributed by atoms with E-state index in [1.807, 2.05) is 12.1 Å². The first-order chi connectivity index (χ1) is 11.6. The van der Waals surface area contributed by atoms with E-state index in [1.165, 1.54) is 6.20 Å². The summed E-state index contributed by atoms with van der Waals surface area (Å²) in [4.78, 5) is 12.1. The van der Waals surface area contributed by atoms with E-state index in [1.54, 1.807) is 18.5 Å². The van der Waals surface area contributed by atoms with E-state index in [4.69, 9.17) is 0 Å². The molecule has 0 amide bonds. The van der Waals surface area contributed by atoms with E-state index < -0.39 is 17.5 Å². The number of pyridine rings is 1. The largest absolute Gasteiger partial charge is 0.366 e. The molecule has 0 aliphatic heterocycles. The van der Waals surface area contributed by atoms with Crippen LogP contribution in [0.2, 0.25) is 0 Å². The Morgan fingerprint density at radius 1 is 0.958 bits per heavy atom. The zero-order chi connectivity index (χ0) is 16.9. The quantitative estimate of drug-likeness (QED) is 0.699. The molecule has 122 valence electrons. The Hall–Kier alpha value is -3.16. The van der Waals surface area contributed by atoms with E-state index in [0.717, 1.165) is 17.7 Å². The third-order valence-electron chi connectivity index (χ3n) is 3.13. The van der Waals surface area contributed by atoms with Gasteiger partial charge in [0.15, 0.2) is 17.5 Å². The molecule has 5 nitrogen and oxygen atoms in total. The van der Waals surface area contributed by atoms with Gasteiger partial charge in [-0.2, -0.15) is 4.98 Å². The summed E-state index contributed by atoms with van der Waals surface area (Å²) in [5.41, 5.74) is 0.704. The molecule has 0 saturated heterocycles. The Labute approximate surface area is 135 Å². The molecule has 0 bridgehead atoms. The van der Waals surface area contributed by atoms with E-state index in [9.17, 15) is 13.2 Å². The summed E-state index contributed by atoms with van der Waals surface area (Å²) in [6, 6.07) is 7.24. The van der Waals surface area contributed by atoms with Gasteiger partial charge in [0.25, 0.3) is 0 Å². The predicted molar refractivity (Wildman–Crippen MR) is 83.2 cm³/mol. The molecule has 0 aliphatic rings. The van der Waals surface area contributed by atoms with Crippen molar-refractivity contribution in [1.82, 2.24) is 15.0 Å². The number of halogens is 3. The minimum absolute atomic E-state index is 0.0519. The minimum atomic E-state index is -1.55. The lowest BCUT2D eigenvalue weighted by atomic mass is 10.3. The number of hydrogen-bond donors (Lipinski definition) is 2. The van der Waals surface area contributed by atoms with Crippen LogP contribution in [0.5, 0.6) is 0 Å². The van der Waals surface area contributed by atoms with Crippen molar-refractivity contribution in [3.63, 3.8) is 0 Å². The van der Waals surface area contributed by atoms with Gasteiger partial charge in [-0.15, -0.1) is 0 Å². The maximum absolute atomic E-state index is 13.7. The van der Waals surface area contributed by atoms with Crippen molar-refractivity contribution in [2.75, 3.05) is 10.6 Å². The summed E-state index contributed by atoms with van der Waals surface area (Å²) in [5, 5.41) is 5.59. The van der Waals surface area contributed by atoms with Crippen LogP contribution in [0.4, 0.5) is 30.6 Å². The van der Waals surface area contributed by atoms with Crippen LogP contribution in [-0.4, -0.2) is 15.0 Å². The third-order valence-corrected chi connectivity index (χ3v) is 3.13. The summed E-state index contributed by atoms with van der Waals surface area (Å²) >= 11 is 0. The highest BCUT2D eigenvalue weighted by Crippen LogP contribution is 2.22. The van der Waals surface area contributed by atoms with Crippen LogP contribution in [0.1, 0.15) is 5.56 Å². The standard InChI is InChI=1S/C16H12F3N5/c17-11-3-4-12(15(19)14(11)18)23-16-21-7-5-13(24-16)22-9-10-2-1-6-20-8-10/h1-8H,9H2,(H2,21,22,23,24). The second-order valence-corrected chi connectivity index (χ2v) is 4.83. The number of aromatic nitrogens is 3. The Morgan fingerprint density at radius 2 is 1.83 bits per heavy atom. The molecular formula is C16H12F3N5. The molecule has 0 aliphatic carbocycles. The monoisotopic (exact) mass is 331 g/mol. The maximum atomic E-state index is 13.7. The summed E-state index contributed by atoms with van der Waals surface area (Å²) < 4.78 is 39.8. The lowest BCUT2D eigenvalue weighted by molar-refractivity contribution is 0.449. The fraction of sp³-hybridized carbons (Fsp3) is 0.0625. The Bertz CT molecular complexity index is 842. The zero-order valence-electron chi connectivity index (χ0n) is 12.3. The van der Waals surface area contributed by atoms with Crippen LogP contribution in [0.25, 0.3) is 0 Å². The number of hydrogen-bond acceptors (Lipinski definition) is 5. The molecule has 3 rings (SSSR count). The SMILES string of the molecule is Fc1ccc(Nc2nccc(NCc3cccnc3)n2)c(F)c1F. The molecular weight excluding hydrogens is 319 g/mol. The number of nitrogens with one attached hydrogen (secondary N) is 2. The molecule has 0 radical (unpaired) electrons. The van der Waals surface area contributed by atoms with Gasteiger partial charge in [-0.3, -0.25) is 4.98 Å². The van der Waals surface area contributed by atoms with Gasteiger partial charge >= 0.3 is 0 Å². The minimum Gasteiger partial charge on any atom is -0.366 e. The molecule has 1 aromatic carbocycles. The summed E-state index contributed by atoms with van der Waals surface area (Å²) in [6.07, 6.45) is 4.84. The highest BCUT2D eigenvalue weighted by atomic mass is 19.2. The second-order valence-electron chi connectivity index (χ2n) is 4.83. The molecule has 3 aromatic rings. The molecule has 24 heavy (non-hydrogen) atoms. The molecule has 0 saturated carbocycles. The van der Waals surface area contributed by atoms with Gasteiger partial charge in [0.1, 0.15) is 5.82 Å². The van der Waals surface area contributed by atoms with Gasteiger partial charge in [0, 0.05) is 25.1 Å². The van der Waals surface area contributed by atoms with Gasteiger partial charge in [-0.25, -0.2) is 18.2 Å². The molecule has 0 unspecified atom stereocenters. The molecule has 8 heteroatoms. The van der Waals surface area contributed by atoms with Crippen molar-refractivity contribution < 1.29 is 13.2 Å². The molecule has 2 heterocycles. The summed E-state index contributed by atoms with van der Waals surface area (Å²) in [7, 11) is 0. The van der Waals surface area contributed by atoms with Crippen molar-refractivity contribution in [3.8, 4) is 0 Å². The first kappa shape index (κ1) is 15.7. The average Bonchev–Trinajstić information content (AvgIpc) is 2.62. The van der Waals surface area contributed by atoms with Crippen LogP contribution < -0.4 is 10.6 Å². The normalized spacial score (nSPS) is 10.5. The van der Waals surface area contributed by atoms with E-state index >= 15 is 0 Å². The van der Waals surface area contributed by atoms with Gasteiger partial charge in [-0.05, 0) is 29.8 Å². The Kier molecular flexibility index (Phi) is 4.55. The van der Waals surface area contributed by atoms with Crippen LogP contribution >= 0.6 is 0 Å². The van der Waals surface area contributed by atoms with E-state index in [-0.39, 0.29) is 11.6 Å². The second kappa shape index (κ2) is 6.95. The van der Waals surface area contributed by atoms with Gasteiger partial charge in [-0.1, -0.05) is 6.07 Å². The molecule has 2 N–H and O–H groups in total. The van der Waals surface area contributed by atoms with Gasteiger partial charge in [0.2, 0.25) is 5.95 Å². The Balaban J connectivity index is 1.73. The Morgan fingerprint density at radius 3 is 2.62 bits per heavy atom. The van der Waals surface area contributed by atoms with Crippen LogP contribution in [-0.2, 0) is 6.54 Å². The molecule has 0 spiro atoms. The topological polar surface area (TPSA) is 62.7 Å². The lowest BCUT2D eigenvalue weighted by Crippen LogP contribution is -2.05. The van der Waals surface area contributed by atoms with Crippen molar-refractivity contribution >= 4 is 17.5 Å². The van der Waals surface area contributed by atoms with Crippen molar-refractivity contribution in [1.29, 1.82) is 0 Å². The third kappa shape index (κ3) is 3.60. The zero-order valence-corrected chi connectivity index (χ0v) is 12.3. The van der Waals surface area contributed by atoms with Crippen molar-refractivity contribution in [2.24, 2.45) is 0 Å². The number of rotatable bonds is 5. The average molecular weight is 331 g/mol. The highest BCUT2D eigenvalue weighted by molar-refractivity contribution is 5.55. The van der Waals surface area contributed by atoms with Crippen LogP contribution in [0.3, 0.4) is 0 Å². The lowest BCUT2D eigenvalue weighted by Gasteiger charge is -2.09. The smallest absolute Gasteiger partial charge is 0.229 e. The van der Waals surface area contributed by atoms with E-state index in [0.29, 0.717) is 12.4 Å². The van der Waals surface area contributed by atoms with Crippen LogP contribution in [0, 0.1) is 17.5 Å². The van der Waals surface area contributed by atoms with Crippen molar-refractivity contribution in [3.05, 3.63) is 71.9 Å². The number of benzene rings is 1. The number of anilines is 3. The fourth-order valence-corrected chi connectivity index (χ4v) is 1.96. The number of nitrogens with zero attached hydrogens (tertiary/aromatic N) is 3. The summed E-state index contributed by atoms with van der Waals surface area (Å²) in [6.45, 7) is 0.490. The van der Waals surface area contributed by atoms with Crippen molar-refractivity contribution in [2.45, 2.75) is 6.54 Å². The van der Waals surface area contributed by atoms with Gasteiger partial charge < -0.3 is 10.6 Å². The molecule has 2 aromatic heterocycles. The fourth-order valence-electron chi connectivity index (χ4n) is 1.96. The molecule has 0 fully saturated rings. The summed E-state index contributed by atoms with van der Waals surface area (Å²) in [5.74, 6) is -3.60. The molecule has 0 atom stereocenters.